The fourth-order valence-electron chi connectivity index (χ4n) is 2.93. The lowest BCUT2D eigenvalue weighted by Crippen LogP contribution is -2.42. The summed E-state index contributed by atoms with van der Waals surface area (Å²) < 4.78 is 0. The minimum atomic E-state index is -0.965. The molecular formula is C16H18N2O3. The summed E-state index contributed by atoms with van der Waals surface area (Å²) in [6.07, 6.45) is 1.86. The molecule has 2 heterocycles. The summed E-state index contributed by atoms with van der Waals surface area (Å²) in [5.41, 5.74) is 0.222. The van der Waals surface area contributed by atoms with E-state index in [4.69, 9.17) is 0 Å². The smallest absolute Gasteiger partial charge is 0.337 e. The van der Waals surface area contributed by atoms with Crippen LogP contribution in [0.25, 0.3) is 10.8 Å². The fraction of sp³-hybridized carbons (Fsp3) is 0.375. The van der Waals surface area contributed by atoms with E-state index in [2.05, 4.69) is 9.88 Å². The number of hydrogen-bond donors (Lipinski definition) is 2. The van der Waals surface area contributed by atoms with Crippen molar-refractivity contribution in [1.82, 2.24) is 4.98 Å². The molecule has 0 aliphatic carbocycles. The summed E-state index contributed by atoms with van der Waals surface area (Å²) in [5, 5.41) is 20.7. The number of carboxylic acid groups (broad SMARTS) is 1. The number of carbonyl (C=O) groups is 1. The predicted molar refractivity (Wildman–Crippen MR) is 80.7 cm³/mol. The van der Waals surface area contributed by atoms with Crippen LogP contribution in [0.4, 0.5) is 5.82 Å². The maximum atomic E-state index is 11.3. The Kier molecular flexibility index (Phi) is 3.51. The molecule has 0 radical (unpaired) electrons. The number of aliphatic hydroxyl groups is 1. The molecule has 1 aromatic heterocycles. The molecule has 3 rings (SSSR count). The average Bonchev–Trinajstić information content (AvgIpc) is 2.49. The van der Waals surface area contributed by atoms with E-state index in [1.54, 1.807) is 0 Å². The zero-order chi connectivity index (χ0) is 15.0. The van der Waals surface area contributed by atoms with Crippen molar-refractivity contribution in [3.8, 4) is 0 Å². The van der Waals surface area contributed by atoms with Gasteiger partial charge in [0.15, 0.2) is 0 Å². The first-order chi connectivity index (χ1) is 10.1. The monoisotopic (exact) mass is 286 g/mol. The van der Waals surface area contributed by atoms with Gasteiger partial charge in [0.1, 0.15) is 5.82 Å². The largest absolute Gasteiger partial charge is 0.478 e. The highest BCUT2D eigenvalue weighted by molar-refractivity contribution is 6.06. The topological polar surface area (TPSA) is 73.7 Å². The van der Waals surface area contributed by atoms with E-state index in [0.29, 0.717) is 11.8 Å². The van der Waals surface area contributed by atoms with E-state index >= 15 is 0 Å². The molecule has 110 valence electrons. The lowest BCUT2D eigenvalue weighted by atomic mass is 9.96. The second-order valence-corrected chi connectivity index (χ2v) is 5.63. The first kappa shape index (κ1) is 13.8. The molecular weight excluding hydrogens is 268 g/mol. The van der Waals surface area contributed by atoms with Crippen LogP contribution in [0.5, 0.6) is 0 Å². The van der Waals surface area contributed by atoms with E-state index in [-0.39, 0.29) is 17.6 Å². The lowest BCUT2D eigenvalue weighted by molar-refractivity contribution is 0.0698. The van der Waals surface area contributed by atoms with Crippen molar-refractivity contribution in [2.75, 3.05) is 18.0 Å². The van der Waals surface area contributed by atoms with Gasteiger partial charge < -0.3 is 15.1 Å². The van der Waals surface area contributed by atoms with Gasteiger partial charge in [-0.15, -0.1) is 0 Å². The van der Waals surface area contributed by atoms with Gasteiger partial charge >= 0.3 is 5.97 Å². The second kappa shape index (κ2) is 5.33. The fourth-order valence-corrected chi connectivity index (χ4v) is 2.93. The van der Waals surface area contributed by atoms with Crippen LogP contribution >= 0.6 is 0 Å². The zero-order valence-corrected chi connectivity index (χ0v) is 11.9. The third-order valence-electron chi connectivity index (χ3n) is 4.16. The number of pyridine rings is 1. The number of carboxylic acids is 1. The van der Waals surface area contributed by atoms with Crippen molar-refractivity contribution >= 4 is 22.6 Å². The van der Waals surface area contributed by atoms with Crippen LogP contribution in [-0.4, -0.2) is 40.4 Å². The lowest BCUT2D eigenvalue weighted by Gasteiger charge is -2.35. The Labute approximate surface area is 122 Å². The van der Waals surface area contributed by atoms with Crippen molar-refractivity contribution < 1.29 is 15.0 Å². The van der Waals surface area contributed by atoms with Crippen LogP contribution < -0.4 is 4.90 Å². The first-order valence-corrected chi connectivity index (χ1v) is 7.12. The quantitative estimate of drug-likeness (QED) is 0.885. The molecule has 0 saturated carbocycles. The molecule has 2 unspecified atom stereocenters. The molecule has 1 aromatic carbocycles. The number of hydrogen-bond acceptors (Lipinski definition) is 4. The highest BCUT2D eigenvalue weighted by Gasteiger charge is 2.26. The molecule has 5 heteroatoms. The minimum absolute atomic E-state index is 0.179. The number of benzene rings is 1. The van der Waals surface area contributed by atoms with Crippen molar-refractivity contribution in [3.05, 3.63) is 36.0 Å². The predicted octanol–water partition coefficient (Wildman–Crippen LogP) is 2.14. The number of aliphatic hydroxyl groups excluding tert-OH is 1. The Balaban J connectivity index is 2.08. The number of rotatable bonds is 2. The van der Waals surface area contributed by atoms with Gasteiger partial charge in [-0.25, -0.2) is 9.78 Å². The Bertz CT molecular complexity index is 686. The van der Waals surface area contributed by atoms with Gasteiger partial charge in [-0.1, -0.05) is 31.2 Å². The number of piperidine rings is 1. The van der Waals surface area contributed by atoms with E-state index in [1.807, 2.05) is 31.2 Å². The zero-order valence-electron chi connectivity index (χ0n) is 11.9. The molecule has 2 N–H and O–H groups in total. The van der Waals surface area contributed by atoms with Crippen molar-refractivity contribution in [2.24, 2.45) is 5.92 Å². The molecule has 1 aliphatic rings. The SMILES string of the molecule is CC1CN(c2ncc(C(=O)O)c3ccccc23)CCC1O. The molecule has 5 nitrogen and oxygen atoms in total. The van der Waals surface area contributed by atoms with E-state index in [9.17, 15) is 15.0 Å². The van der Waals surface area contributed by atoms with Gasteiger partial charge in [-0.3, -0.25) is 0 Å². The van der Waals surface area contributed by atoms with Crippen molar-refractivity contribution in [1.29, 1.82) is 0 Å². The summed E-state index contributed by atoms with van der Waals surface area (Å²) in [6.45, 7) is 3.48. The van der Waals surface area contributed by atoms with Crippen LogP contribution in [0.3, 0.4) is 0 Å². The molecule has 2 atom stereocenters. The molecule has 0 bridgehead atoms. The third-order valence-corrected chi connectivity index (χ3v) is 4.16. The average molecular weight is 286 g/mol. The van der Waals surface area contributed by atoms with Crippen LogP contribution in [-0.2, 0) is 0 Å². The highest BCUT2D eigenvalue weighted by atomic mass is 16.4. The Hall–Kier alpha value is -2.14. The van der Waals surface area contributed by atoms with Crippen LogP contribution in [0.2, 0.25) is 0 Å². The first-order valence-electron chi connectivity index (χ1n) is 7.12. The van der Waals surface area contributed by atoms with Gasteiger partial charge in [0.25, 0.3) is 0 Å². The van der Waals surface area contributed by atoms with Crippen molar-refractivity contribution in [2.45, 2.75) is 19.4 Å². The summed E-state index contributed by atoms with van der Waals surface area (Å²) >= 11 is 0. The summed E-state index contributed by atoms with van der Waals surface area (Å²) in [4.78, 5) is 17.8. The Morgan fingerprint density at radius 2 is 2.05 bits per heavy atom. The van der Waals surface area contributed by atoms with E-state index in [0.717, 1.165) is 24.3 Å². The van der Waals surface area contributed by atoms with Gasteiger partial charge in [0, 0.05) is 30.1 Å². The summed E-state index contributed by atoms with van der Waals surface area (Å²) in [6, 6.07) is 7.44. The molecule has 2 aromatic rings. The van der Waals surface area contributed by atoms with E-state index < -0.39 is 5.97 Å². The van der Waals surface area contributed by atoms with Gasteiger partial charge in [0.2, 0.25) is 0 Å². The minimum Gasteiger partial charge on any atom is -0.478 e. The van der Waals surface area contributed by atoms with E-state index in [1.165, 1.54) is 6.20 Å². The summed E-state index contributed by atoms with van der Waals surface area (Å²) in [7, 11) is 0. The van der Waals surface area contributed by atoms with Gasteiger partial charge in [-0.05, 0) is 12.3 Å². The highest BCUT2D eigenvalue weighted by Crippen LogP contribution is 2.30. The number of fused-ring (bicyclic) bond motifs is 1. The third kappa shape index (κ3) is 2.45. The molecule has 0 amide bonds. The van der Waals surface area contributed by atoms with Crippen molar-refractivity contribution in [3.63, 3.8) is 0 Å². The summed E-state index contributed by atoms with van der Waals surface area (Å²) in [5.74, 6) is 0.0143. The number of nitrogens with zero attached hydrogens (tertiary/aromatic N) is 2. The van der Waals surface area contributed by atoms with Gasteiger partial charge in [0.05, 0.1) is 11.7 Å². The van der Waals surface area contributed by atoms with Gasteiger partial charge in [-0.2, -0.15) is 0 Å². The van der Waals surface area contributed by atoms with Crippen LogP contribution in [0.15, 0.2) is 30.5 Å². The normalized spacial score (nSPS) is 22.5. The molecule has 21 heavy (non-hydrogen) atoms. The molecule has 0 spiro atoms. The molecule has 1 saturated heterocycles. The maximum absolute atomic E-state index is 11.3. The Morgan fingerprint density at radius 3 is 2.71 bits per heavy atom. The van der Waals surface area contributed by atoms with Crippen LogP contribution in [0.1, 0.15) is 23.7 Å². The number of anilines is 1. The maximum Gasteiger partial charge on any atom is 0.337 e. The van der Waals surface area contributed by atoms with Crippen LogP contribution in [0, 0.1) is 5.92 Å². The molecule has 1 aliphatic heterocycles. The standard InChI is InChI=1S/C16H18N2O3/c1-10-9-18(7-6-14(10)19)15-12-5-3-2-4-11(12)13(8-17-15)16(20)21/h2-5,8,10,14,19H,6-7,9H2,1H3,(H,20,21). The second-order valence-electron chi connectivity index (χ2n) is 5.63. The number of aromatic carboxylic acids is 1. The molecule has 1 fully saturated rings. The Morgan fingerprint density at radius 1 is 1.33 bits per heavy atom. The number of aromatic nitrogens is 1.